The molecule has 0 aliphatic carbocycles. The van der Waals surface area contributed by atoms with Crippen LogP contribution < -0.4 is 0 Å². The summed E-state index contributed by atoms with van der Waals surface area (Å²) >= 11 is 0. The lowest BCUT2D eigenvalue weighted by Crippen LogP contribution is -2.24. The maximum Gasteiger partial charge on any atom is 0.309 e. The van der Waals surface area contributed by atoms with E-state index in [0.29, 0.717) is 0 Å². The van der Waals surface area contributed by atoms with Crippen molar-refractivity contribution in [1.29, 1.82) is 0 Å². The minimum Gasteiger partial charge on any atom is -0.481 e. The van der Waals surface area contributed by atoms with Crippen LogP contribution in [0.3, 0.4) is 0 Å². The summed E-state index contributed by atoms with van der Waals surface area (Å²) in [6.07, 6.45) is 3.03. The molecule has 1 N–H and O–H groups in total. The number of rotatable bonds is 1. The van der Waals surface area contributed by atoms with Crippen molar-refractivity contribution in [3.8, 4) is 0 Å². The van der Waals surface area contributed by atoms with Crippen LogP contribution in [0.4, 0.5) is 0 Å². The highest BCUT2D eigenvalue weighted by Gasteiger charge is 2.44. The first-order chi connectivity index (χ1) is 4.77. The molecule has 0 saturated carbocycles. The first-order valence-electron chi connectivity index (χ1n) is 3.65. The van der Waals surface area contributed by atoms with Crippen molar-refractivity contribution >= 4 is 5.97 Å². The van der Waals surface area contributed by atoms with Crippen molar-refractivity contribution in [3.63, 3.8) is 0 Å². The largest absolute Gasteiger partial charge is 0.481 e. The van der Waals surface area contributed by atoms with Crippen LogP contribution in [0.25, 0.3) is 0 Å². The number of carboxylic acid groups (broad SMARTS) is 1. The van der Waals surface area contributed by atoms with Gasteiger partial charge < -0.3 is 9.84 Å². The Kier molecular flexibility index (Phi) is 1.20. The van der Waals surface area contributed by atoms with Crippen molar-refractivity contribution in [2.45, 2.75) is 31.5 Å². The van der Waals surface area contributed by atoms with Crippen molar-refractivity contribution in [1.82, 2.24) is 0 Å². The lowest BCUT2D eigenvalue weighted by molar-refractivity contribution is -0.143. The monoisotopic (exact) mass is 142 g/mol. The highest BCUT2D eigenvalue weighted by atomic mass is 16.5. The Labute approximate surface area is 59.0 Å². The minimum atomic E-state index is -0.688. The zero-order chi connectivity index (χ0) is 7.14. The number of hydrogen-bond donors (Lipinski definition) is 1. The van der Waals surface area contributed by atoms with Gasteiger partial charge in [-0.05, 0) is 19.3 Å². The van der Waals surface area contributed by atoms with Gasteiger partial charge in [-0.2, -0.15) is 0 Å². The molecule has 3 heteroatoms. The third-order valence-electron chi connectivity index (χ3n) is 2.42. The van der Waals surface area contributed by atoms with Gasteiger partial charge in [0.2, 0.25) is 0 Å². The van der Waals surface area contributed by atoms with Gasteiger partial charge in [-0.1, -0.05) is 0 Å². The van der Waals surface area contributed by atoms with E-state index in [0.717, 1.165) is 19.3 Å². The molecule has 0 aromatic rings. The molecule has 2 heterocycles. The van der Waals surface area contributed by atoms with Crippen LogP contribution in [0.15, 0.2) is 0 Å². The maximum atomic E-state index is 10.5. The fourth-order valence-electron chi connectivity index (χ4n) is 1.90. The van der Waals surface area contributed by atoms with Crippen LogP contribution in [0, 0.1) is 5.92 Å². The van der Waals surface area contributed by atoms with Crippen LogP contribution >= 0.6 is 0 Å². The highest BCUT2D eigenvalue weighted by Crippen LogP contribution is 2.38. The van der Waals surface area contributed by atoms with Crippen molar-refractivity contribution in [2.75, 3.05) is 0 Å². The standard InChI is InChI=1S/C7H10O3/c8-7(9)5-3-4-1-2-6(5)10-4/h4-6H,1-3H2,(H,8,9)/t4-,5+,6-/m1/s1. The van der Waals surface area contributed by atoms with E-state index in [2.05, 4.69) is 0 Å². The highest BCUT2D eigenvalue weighted by molar-refractivity contribution is 5.71. The molecule has 2 aliphatic heterocycles. The van der Waals surface area contributed by atoms with Crippen molar-refractivity contribution in [2.24, 2.45) is 5.92 Å². The molecule has 0 amide bonds. The summed E-state index contributed by atoms with van der Waals surface area (Å²) in [7, 11) is 0. The summed E-state index contributed by atoms with van der Waals surface area (Å²) < 4.78 is 5.37. The summed E-state index contributed by atoms with van der Waals surface area (Å²) in [5.74, 6) is -0.897. The molecule has 2 rings (SSSR count). The second-order valence-corrected chi connectivity index (χ2v) is 3.05. The lowest BCUT2D eigenvalue weighted by Gasteiger charge is -2.12. The van der Waals surface area contributed by atoms with E-state index >= 15 is 0 Å². The Morgan fingerprint density at radius 3 is 2.60 bits per heavy atom. The number of ether oxygens (including phenoxy) is 1. The van der Waals surface area contributed by atoms with Gasteiger partial charge in [0.05, 0.1) is 18.1 Å². The van der Waals surface area contributed by atoms with Gasteiger partial charge >= 0.3 is 5.97 Å². The van der Waals surface area contributed by atoms with Gasteiger partial charge in [0.1, 0.15) is 0 Å². The van der Waals surface area contributed by atoms with E-state index < -0.39 is 5.97 Å². The van der Waals surface area contributed by atoms with Crippen LogP contribution in [-0.2, 0) is 9.53 Å². The van der Waals surface area contributed by atoms with Crippen LogP contribution in [0.5, 0.6) is 0 Å². The molecule has 3 nitrogen and oxygen atoms in total. The Morgan fingerprint density at radius 2 is 2.30 bits per heavy atom. The zero-order valence-corrected chi connectivity index (χ0v) is 5.62. The van der Waals surface area contributed by atoms with Crippen molar-refractivity contribution < 1.29 is 14.6 Å². The maximum absolute atomic E-state index is 10.5. The molecule has 0 unspecified atom stereocenters. The molecule has 2 fully saturated rings. The van der Waals surface area contributed by atoms with Gasteiger partial charge in [-0.15, -0.1) is 0 Å². The first-order valence-corrected chi connectivity index (χ1v) is 3.65. The van der Waals surface area contributed by atoms with Gasteiger partial charge in [-0.3, -0.25) is 4.79 Å². The SMILES string of the molecule is O=C(O)[C@H]1C[C@H]2CC[C@H]1O2. The second-order valence-electron chi connectivity index (χ2n) is 3.05. The molecule has 2 saturated heterocycles. The smallest absolute Gasteiger partial charge is 0.309 e. The number of aliphatic carboxylic acids is 1. The van der Waals surface area contributed by atoms with E-state index in [1.165, 1.54) is 0 Å². The number of hydrogen-bond acceptors (Lipinski definition) is 2. The number of carboxylic acids is 1. The van der Waals surface area contributed by atoms with E-state index in [1.54, 1.807) is 0 Å². The molecule has 10 heavy (non-hydrogen) atoms. The molecule has 0 aromatic carbocycles. The quantitative estimate of drug-likeness (QED) is 0.584. The van der Waals surface area contributed by atoms with Crippen LogP contribution in [0.1, 0.15) is 19.3 Å². The Balaban J connectivity index is 2.08. The summed E-state index contributed by atoms with van der Waals surface area (Å²) in [5.41, 5.74) is 0. The van der Waals surface area contributed by atoms with Crippen molar-refractivity contribution in [3.05, 3.63) is 0 Å². The van der Waals surface area contributed by atoms with Gasteiger partial charge in [0.25, 0.3) is 0 Å². The Bertz CT molecular complexity index is 166. The number of fused-ring (bicyclic) bond motifs is 2. The summed E-state index contributed by atoms with van der Waals surface area (Å²) in [6, 6.07) is 0. The van der Waals surface area contributed by atoms with Crippen LogP contribution in [-0.4, -0.2) is 23.3 Å². The van der Waals surface area contributed by atoms with Gasteiger partial charge in [0.15, 0.2) is 0 Å². The van der Waals surface area contributed by atoms with Gasteiger partial charge in [0, 0.05) is 0 Å². The Hall–Kier alpha value is -0.570. The third-order valence-corrected chi connectivity index (χ3v) is 2.42. The molecule has 56 valence electrons. The molecule has 2 aliphatic rings. The fraction of sp³-hybridized carbons (Fsp3) is 0.857. The second kappa shape index (κ2) is 1.95. The molecule has 0 spiro atoms. The fourth-order valence-corrected chi connectivity index (χ4v) is 1.90. The molecule has 0 aromatic heterocycles. The zero-order valence-electron chi connectivity index (χ0n) is 5.62. The topological polar surface area (TPSA) is 46.5 Å². The molecular formula is C7H10O3. The van der Waals surface area contributed by atoms with E-state index in [9.17, 15) is 4.79 Å². The summed E-state index contributed by atoms with van der Waals surface area (Å²) in [6.45, 7) is 0. The Morgan fingerprint density at radius 1 is 1.50 bits per heavy atom. The molecule has 2 bridgehead atoms. The molecular weight excluding hydrogens is 132 g/mol. The van der Waals surface area contributed by atoms with E-state index in [4.69, 9.17) is 9.84 Å². The van der Waals surface area contributed by atoms with E-state index in [1.807, 2.05) is 0 Å². The minimum absolute atomic E-state index is 0.0301. The van der Waals surface area contributed by atoms with Crippen LogP contribution in [0.2, 0.25) is 0 Å². The van der Waals surface area contributed by atoms with Gasteiger partial charge in [-0.25, -0.2) is 0 Å². The third kappa shape index (κ3) is 0.736. The molecule has 3 atom stereocenters. The lowest BCUT2D eigenvalue weighted by atomic mass is 9.89. The predicted molar refractivity (Wildman–Crippen MR) is 33.6 cm³/mol. The average Bonchev–Trinajstić information content (AvgIpc) is 2.44. The summed E-state index contributed by atoms with van der Waals surface area (Å²) in [5, 5.41) is 8.66. The average molecular weight is 142 g/mol. The predicted octanol–water partition coefficient (Wildman–Crippen LogP) is 0.639. The summed E-state index contributed by atoms with van der Waals surface area (Å²) in [4.78, 5) is 10.5. The first kappa shape index (κ1) is 6.16. The molecule has 0 radical (unpaired) electrons. The van der Waals surface area contributed by atoms with E-state index in [-0.39, 0.29) is 18.1 Å². The normalized spacial score (nSPS) is 44.2. The number of carbonyl (C=O) groups is 1.